The second-order valence-corrected chi connectivity index (χ2v) is 8.61. The molecule has 164 valence electrons. The van der Waals surface area contributed by atoms with Crippen molar-refractivity contribution in [2.45, 2.75) is 25.7 Å². The number of carbonyl (C=O) groups excluding carboxylic acids is 1. The van der Waals surface area contributed by atoms with Gasteiger partial charge in [-0.15, -0.1) is 0 Å². The molecule has 1 amide bonds. The molecule has 0 aliphatic carbocycles. The monoisotopic (exact) mass is 446 g/mol. The third kappa shape index (κ3) is 5.12. The first-order valence-electron chi connectivity index (χ1n) is 9.70. The molecule has 0 spiro atoms. The fourth-order valence-corrected chi connectivity index (χ4v) is 4.42. The van der Waals surface area contributed by atoms with E-state index in [0.717, 1.165) is 0 Å². The molecule has 0 saturated heterocycles. The predicted octanol–water partition coefficient (Wildman–Crippen LogP) is 4.80. The Morgan fingerprint density at radius 3 is 2.32 bits per heavy atom. The first-order chi connectivity index (χ1) is 14.7. The lowest BCUT2D eigenvalue weighted by molar-refractivity contribution is 0.0995. The number of furan rings is 1. The maximum atomic E-state index is 13.2. The minimum absolute atomic E-state index is 0.00795. The number of ether oxygens (including phenoxy) is 1. The molecule has 31 heavy (non-hydrogen) atoms. The van der Waals surface area contributed by atoms with Crippen LogP contribution in [0.4, 0.5) is 10.1 Å². The minimum atomic E-state index is -3.76. The highest BCUT2D eigenvalue weighted by Gasteiger charge is 2.24. The summed E-state index contributed by atoms with van der Waals surface area (Å²) in [6.45, 7) is 5.81. The van der Waals surface area contributed by atoms with Gasteiger partial charge in [-0.05, 0) is 61.5 Å². The molecule has 1 aromatic heterocycles. The highest BCUT2D eigenvalue weighted by Crippen LogP contribution is 2.33. The van der Waals surface area contributed by atoms with Crippen molar-refractivity contribution >= 4 is 21.6 Å². The molecule has 3 aromatic rings. The van der Waals surface area contributed by atoms with E-state index in [9.17, 15) is 17.6 Å². The lowest BCUT2D eigenvalue weighted by atomic mass is 10.2. The van der Waals surface area contributed by atoms with Gasteiger partial charge in [0.2, 0.25) is 10.0 Å². The molecule has 0 fully saturated rings. The van der Waals surface area contributed by atoms with E-state index in [1.807, 2.05) is 0 Å². The first kappa shape index (κ1) is 22.5. The van der Waals surface area contributed by atoms with Gasteiger partial charge in [-0.1, -0.05) is 13.8 Å². The van der Waals surface area contributed by atoms with Crippen LogP contribution in [0.15, 0.2) is 63.9 Å². The van der Waals surface area contributed by atoms with Crippen LogP contribution in [0.3, 0.4) is 0 Å². The maximum absolute atomic E-state index is 13.2. The van der Waals surface area contributed by atoms with E-state index in [4.69, 9.17) is 9.15 Å². The SMILES string of the molecule is CCN(CC)S(=O)(=O)c1ccc(Oc2ccc(F)cc2)c(NC(=O)c2ccc(C)o2)c1. The number of rotatable bonds is 8. The van der Waals surface area contributed by atoms with E-state index in [1.54, 1.807) is 26.8 Å². The molecular formula is C22H23FN2O5S. The van der Waals surface area contributed by atoms with Crippen LogP contribution in [0.5, 0.6) is 11.5 Å². The van der Waals surface area contributed by atoms with Crippen molar-refractivity contribution in [3.63, 3.8) is 0 Å². The van der Waals surface area contributed by atoms with E-state index >= 15 is 0 Å². The molecule has 7 nitrogen and oxygen atoms in total. The smallest absolute Gasteiger partial charge is 0.291 e. The second-order valence-electron chi connectivity index (χ2n) is 6.67. The van der Waals surface area contributed by atoms with Gasteiger partial charge in [0, 0.05) is 13.1 Å². The summed E-state index contributed by atoms with van der Waals surface area (Å²) in [7, 11) is -3.76. The number of amides is 1. The highest BCUT2D eigenvalue weighted by atomic mass is 32.2. The topological polar surface area (TPSA) is 88.9 Å². The van der Waals surface area contributed by atoms with E-state index in [1.165, 1.54) is 52.8 Å². The van der Waals surface area contributed by atoms with Gasteiger partial charge in [0.15, 0.2) is 11.5 Å². The normalized spacial score (nSPS) is 11.5. The van der Waals surface area contributed by atoms with Crippen LogP contribution < -0.4 is 10.1 Å². The van der Waals surface area contributed by atoms with Gasteiger partial charge in [0.1, 0.15) is 17.3 Å². The summed E-state index contributed by atoms with van der Waals surface area (Å²) >= 11 is 0. The molecule has 9 heteroatoms. The third-order valence-corrected chi connectivity index (χ3v) is 6.59. The van der Waals surface area contributed by atoms with Crippen LogP contribution in [0.25, 0.3) is 0 Å². The largest absolute Gasteiger partial charge is 0.456 e. The summed E-state index contributed by atoms with van der Waals surface area (Å²) in [6, 6.07) is 12.7. The zero-order chi connectivity index (χ0) is 22.6. The van der Waals surface area contributed by atoms with Crippen molar-refractivity contribution in [1.29, 1.82) is 0 Å². The number of benzene rings is 2. The lowest BCUT2D eigenvalue weighted by Crippen LogP contribution is -2.30. The Morgan fingerprint density at radius 1 is 1.06 bits per heavy atom. The summed E-state index contributed by atoms with van der Waals surface area (Å²) in [5.74, 6) is 0.170. The molecule has 1 N–H and O–H groups in total. The first-order valence-corrected chi connectivity index (χ1v) is 11.1. The molecule has 3 rings (SSSR count). The second kappa shape index (κ2) is 9.32. The average Bonchev–Trinajstić information content (AvgIpc) is 3.18. The van der Waals surface area contributed by atoms with Gasteiger partial charge in [-0.25, -0.2) is 12.8 Å². The van der Waals surface area contributed by atoms with Crippen LogP contribution in [0.2, 0.25) is 0 Å². The Kier molecular flexibility index (Phi) is 6.77. The molecule has 0 unspecified atom stereocenters. The Bertz CT molecular complexity index is 1170. The summed E-state index contributed by atoms with van der Waals surface area (Å²) in [6.07, 6.45) is 0. The van der Waals surface area contributed by atoms with Gasteiger partial charge in [0.25, 0.3) is 5.91 Å². The molecule has 0 atom stereocenters. The number of hydrogen-bond acceptors (Lipinski definition) is 5. The number of anilines is 1. The number of aryl methyl sites for hydroxylation is 1. The van der Waals surface area contributed by atoms with Gasteiger partial charge < -0.3 is 14.5 Å². The van der Waals surface area contributed by atoms with Crippen molar-refractivity contribution in [2.75, 3.05) is 18.4 Å². The number of sulfonamides is 1. The zero-order valence-electron chi connectivity index (χ0n) is 17.4. The van der Waals surface area contributed by atoms with E-state index in [-0.39, 0.29) is 22.1 Å². The summed E-state index contributed by atoms with van der Waals surface area (Å²) in [5.41, 5.74) is 0.136. The highest BCUT2D eigenvalue weighted by molar-refractivity contribution is 7.89. The van der Waals surface area contributed by atoms with Crippen LogP contribution in [-0.2, 0) is 10.0 Å². The quantitative estimate of drug-likeness (QED) is 0.537. The Balaban J connectivity index is 2.01. The number of carbonyl (C=O) groups is 1. The maximum Gasteiger partial charge on any atom is 0.291 e. The van der Waals surface area contributed by atoms with Crippen molar-refractivity contribution < 1.29 is 26.8 Å². The van der Waals surface area contributed by atoms with Crippen LogP contribution >= 0.6 is 0 Å². The van der Waals surface area contributed by atoms with E-state index in [0.29, 0.717) is 24.6 Å². The number of nitrogens with one attached hydrogen (secondary N) is 1. The fraction of sp³-hybridized carbons (Fsp3) is 0.227. The molecule has 0 bridgehead atoms. The van der Waals surface area contributed by atoms with E-state index in [2.05, 4.69) is 5.32 Å². The predicted molar refractivity (Wildman–Crippen MR) is 114 cm³/mol. The third-order valence-electron chi connectivity index (χ3n) is 4.55. The van der Waals surface area contributed by atoms with Crippen molar-refractivity contribution in [2.24, 2.45) is 0 Å². The number of halogens is 1. The van der Waals surface area contributed by atoms with Gasteiger partial charge >= 0.3 is 0 Å². The molecule has 2 aromatic carbocycles. The number of hydrogen-bond donors (Lipinski definition) is 1. The number of nitrogens with zero attached hydrogens (tertiary/aromatic N) is 1. The van der Waals surface area contributed by atoms with Crippen molar-refractivity contribution in [3.8, 4) is 11.5 Å². The van der Waals surface area contributed by atoms with E-state index < -0.39 is 21.7 Å². The van der Waals surface area contributed by atoms with Crippen LogP contribution in [-0.4, -0.2) is 31.7 Å². The summed E-state index contributed by atoms with van der Waals surface area (Å²) < 4.78 is 51.5. The standard InChI is InChI=1S/C22H23FN2O5S/c1-4-25(5-2)31(27,28)18-11-13-20(30-17-9-7-16(23)8-10-17)19(14-18)24-22(26)21-12-6-15(3)29-21/h6-14H,4-5H2,1-3H3,(H,24,26). The Hall–Kier alpha value is -3.17. The van der Waals surface area contributed by atoms with Crippen molar-refractivity contribution in [1.82, 2.24) is 4.31 Å². The molecule has 1 heterocycles. The van der Waals surface area contributed by atoms with Crippen molar-refractivity contribution in [3.05, 3.63) is 71.9 Å². The molecule has 0 radical (unpaired) electrons. The minimum Gasteiger partial charge on any atom is -0.456 e. The lowest BCUT2D eigenvalue weighted by Gasteiger charge is -2.20. The fourth-order valence-electron chi connectivity index (χ4n) is 2.94. The molecule has 0 aliphatic heterocycles. The summed E-state index contributed by atoms with van der Waals surface area (Å²) in [5, 5.41) is 2.64. The zero-order valence-corrected chi connectivity index (χ0v) is 18.2. The average molecular weight is 447 g/mol. The van der Waals surface area contributed by atoms with Crippen LogP contribution in [0.1, 0.15) is 30.2 Å². The molecule has 0 saturated carbocycles. The summed E-state index contributed by atoms with van der Waals surface area (Å²) in [4.78, 5) is 12.6. The van der Waals surface area contributed by atoms with Gasteiger partial charge in [0.05, 0.1) is 10.6 Å². The Morgan fingerprint density at radius 2 is 1.74 bits per heavy atom. The van der Waals surface area contributed by atoms with Gasteiger partial charge in [-0.3, -0.25) is 4.79 Å². The Labute approximate surface area is 180 Å². The van der Waals surface area contributed by atoms with Crippen LogP contribution in [0, 0.1) is 12.7 Å². The van der Waals surface area contributed by atoms with Gasteiger partial charge in [-0.2, -0.15) is 4.31 Å². The molecular weight excluding hydrogens is 423 g/mol. The molecule has 0 aliphatic rings.